The SMILES string of the molecule is CC(N)C1CCCN(C(=O)c2cn[nH]c2-c2cccc(OC(F)F)c2)C1. The molecule has 0 bridgehead atoms. The number of nitrogens with two attached hydrogens (primary N) is 1. The van der Waals surface area contributed by atoms with Crippen molar-refractivity contribution < 1.29 is 18.3 Å². The molecule has 6 nitrogen and oxygen atoms in total. The molecular weight excluding hydrogens is 342 g/mol. The number of piperidine rings is 1. The van der Waals surface area contributed by atoms with Crippen LogP contribution in [-0.2, 0) is 0 Å². The average Bonchev–Trinajstić information content (AvgIpc) is 3.10. The highest BCUT2D eigenvalue weighted by atomic mass is 19.3. The number of likely N-dealkylation sites (tertiary alicyclic amines) is 1. The molecule has 2 aromatic rings. The lowest BCUT2D eigenvalue weighted by Crippen LogP contribution is -2.45. The highest BCUT2D eigenvalue weighted by Crippen LogP contribution is 2.28. The van der Waals surface area contributed by atoms with Crippen molar-refractivity contribution in [3.63, 3.8) is 0 Å². The van der Waals surface area contributed by atoms with Crippen LogP contribution >= 0.6 is 0 Å². The van der Waals surface area contributed by atoms with Gasteiger partial charge in [-0.05, 0) is 37.8 Å². The zero-order chi connectivity index (χ0) is 18.7. The van der Waals surface area contributed by atoms with E-state index in [4.69, 9.17) is 5.73 Å². The van der Waals surface area contributed by atoms with Crippen molar-refractivity contribution in [1.29, 1.82) is 0 Å². The Hall–Kier alpha value is -2.48. The Balaban J connectivity index is 1.83. The van der Waals surface area contributed by atoms with Gasteiger partial charge in [-0.2, -0.15) is 13.9 Å². The lowest BCUT2D eigenvalue weighted by atomic mass is 9.91. The molecule has 1 aromatic carbocycles. The fourth-order valence-corrected chi connectivity index (χ4v) is 3.29. The van der Waals surface area contributed by atoms with E-state index < -0.39 is 6.61 Å². The molecule has 0 aliphatic carbocycles. The lowest BCUT2D eigenvalue weighted by molar-refractivity contribution is -0.0498. The van der Waals surface area contributed by atoms with Crippen LogP contribution in [0.25, 0.3) is 11.3 Å². The first-order valence-corrected chi connectivity index (χ1v) is 8.59. The number of alkyl halides is 2. The second kappa shape index (κ2) is 7.82. The van der Waals surface area contributed by atoms with Crippen LogP contribution in [0.1, 0.15) is 30.1 Å². The fourth-order valence-electron chi connectivity index (χ4n) is 3.29. The van der Waals surface area contributed by atoms with Gasteiger partial charge in [-0.25, -0.2) is 0 Å². The van der Waals surface area contributed by atoms with Crippen LogP contribution in [0.2, 0.25) is 0 Å². The molecule has 1 aromatic heterocycles. The van der Waals surface area contributed by atoms with E-state index in [1.807, 2.05) is 6.92 Å². The van der Waals surface area contributed by atoms with E-state index in [2.05, 4.69) is 14.9 Å². The highest BCUT2D eigenvalue weighted by Gasteiger charge is 2.28. The van der Waals surface area contributed by atoms with E-state index >= 15 is 0 Å². The third-order valence-corrected chi connectivity index (χ3v) is 4.71. The molecule has 0 saturated carbocycles. The van der Waals surface area contributed by atoms with Crippen LogP contribution in [0.3, 0.4) is 0 Å². The zero-order valence-corrected chi connectivity index (χ0v) is 14.5. The zero-order valence-electron chi connectivity index (χ0n) is 14.5. The maximum absolute atomic E-state index is 13.0. The Bertz CT molecular complexity index is 763. The maximum Gasteiger partial charge on any atom is 0.387 e. The van der Waals surface area contributed by atoms with E-state index in [1.165, 1.54) is 18.3 Å². The molecule has 1 aliphatic heterocycles. The summed E-state index contributed by atoms with van der Waals surface area (Å²) in [5.74, 6) is 0.158. The first kappa shape index (κ1) is 18.3. The van der Waals surface area contributed by atoms with Gasteiger partial charge in [-0.3, -0.25) is 9.89 Å². The van der Waals surface area contributed by atoms with E-state index in [-0.39, 0.29) is 23.6 Å². The van der Waals surface area contributed by atoms with Gasteiger partial charge in [0.2, 0.25) is 0 Å². The van der Waals surface area contributed by atoms with Gasteiger partial charge in [0.05, 0.1) is 17.5 Å². The predicted molar refractivity (Wildman–Crippen MR) is 92.9 cm³/mol. The number of nitrogens with zero attached hydrogens (tertiary/aromatic N) is 2. The van der Waals surface area contributed by atoms with Crippen molar-refractivity contribution in [3.8, 4) is 17.0 Å². The number of amides is 1. The number of aromatic amines is 1. The molecule has 0 radical (unpaired) electrons. The van der Waals surface area contributed by atoms with Crippen molar-refractivity contribution in [2.24, 2.45) is 11.7 Å². The number of halogens is 2. The Morgan fingerprint density at radius 3 is 3.00 bits per heavy atom. The van der Waals surface area contributed by atoms with Gasteiger partial charge in [0, 0.05) is 24.7 Å². The number of H-pyrrole nitrogens is 1. The molecule has 8 heteroatoms. The lowest BCUT2D eigenvalue weighted by Gasteiger charge is -2.34. The van der Waals surface area contributed by atoms with Crippen molar-refractivity contribution >= 4 is 5.91 Å². The van der Waals surface area contributed by atoms with Crippen LogP contribution in [0, 0.1) is 5.92 Å². The molecule has 1 amide bonds. The van der Waals surface area contributed by atoms with Crippen LogP contribution in [-0.4, -0.2) is 46.7 Å². The molecule has 3 rings (SSSR count). The Morgan fingerprint density at radius 2 is 2.27 bits per heavy atom. The van der Waals surface area contributed by atoms with E-state index in [1.54, 1.807) is 17.0 Å². The first-order valence-electron chi connectivity index (χ1n) is 8.59. The van der Waals surface area contributed by atoms with E-state index in [0.29, 0.717) is 29.9 Å². The predicted octanol–water partition coefficient (Wildman–Crippen LogP) is 2.88. The van der Waals surface area contributed by atoms with Crippen molar-refractivity contribution in [2.45, 2.75) is 32.4 Å². The van der Waals surface area contributed by atoms with Crippen LogP contribution in [0.4, 0.5) is 8.78 Å². The summed E-state index contributed by atoms with van der Waals surface area (Å²) in [5.41, 5.74) is 7.44. The number of carbonyl (C=O) groups excluding carboxylic acids is 1. The van der Waals surface area contributed by atoms with Gasteiger partial charge >= 0.3 is 6.61 Å². The van der Waals surface area contributed by atoms with Crippen molar-refractivity contribution in [1.82, 2.24) is 15.1 Å². The second-order valence-electron chi connectivity index (χ2n) is 6.58. The van der Waals surface area contributed by atoms with Gasteiger partial charge in [0.1, 0.15) is 5.75 Å². The maximum atomic E-state index is 13.0. The number of aromatic nitrogens is 2. The Morgan fingerprint density at radius 1 is 1.46 bits per heavy atom. The summed E-state index contributed by atoms with van der Waals surface area (Å²) in [6.07, 6.45) is 3.38. The smallest absolute Gasteiger partial charge is 0.387 e. The summed E-state index contributed by atoms with van der Waals surface area (Å²) in [7, 11) is 0. The number of benzene rings is 1. The molecule has 140 valence electrons. The number of rotatable bonds is 5. The Labute approximate surface area is 150 Å². The minimum Gasteiger partial charge on any atom is -0.435 e. The van der Waals surface area contributed by atoms with Gasteiger partial charge in [-0.15, -0.1) is 0 Å². The molecule has 2 unspecified atom stereocenters. The molecule has 2 heterocycles. The molecule has 1 saturated heterocycles. The van der Waals surface area contributed by atoms with E-state index in [9.17, 15) is 13.6 Å². The minimum atomic E-state index is -2.91. The molecule has 1 fully saturated rings. The summed E-state index contributed by atoms with van der Waals surface area (Å²) in [6.45, 7) is 0.324. The average molecular weight is 364 g/mol. The second-order valence-corrected chi connectivity index (χ2v) is 6.58. The summed E-state index contributed by atoms with van der Waals surface area (Å²) in [6, 6.07) is 6.22. The number of hydrogen-bond donors (Lipinski definition) is 2. The van der Waals surface area contributed by atoms with Crippen molar-refractivity contribution in [2.75, 3.05) is 13.1 Å². The molecule has 2 atom stereocenters. The van der Waals surface area contributed by atoms with Crippen molar-refractivity contribution in [3.05, 3.63) is 36.0 Å². The standard InChI is InChI=1S/C18H22F2N4O2/c1-11(21)13-5-3-7-24(10-13)17(25)15-9-22-23-16(15)12-4-2-6-14(8-12)26-18(19)20/h2,4,6,8-9,11,13,18H,3,5,7,10,21H2,1H3,(H,22,23). The van der Waals surface area contributed by atoms with Gasteiger partial charge in [0.15, 0.2) is 0 Å². The van der Waals surface area contributed by atoms with Gasteiger partial charge in [0.25, 0.3) is 5.91 Å². The molecule has 26 heavy (non-hydrogen) atoms. The van der Waals surface area contributed by atoms with E-state index in [0.717, 1.165) is 12.8 Å². The molecule has 3 N–H and O–H groups in total. The molecule has 1 aliphatic rings. The highest BCUT2D eigenvalue weighted by molar-refractivity contribution is 5.99. The summed E-state index contributed by atoms with van der Waals surface area (Å²) in [4.78, 5) is 14.7. The summed E-state index contributed by atoms with van der Waals surface area (Å²) in [5, 5.41) is 6.76. The largest absolute Gasteiger partial charge is 0.435 e. The molecule has 0 spiro atoms. The third kappa shape index (κ3) is 4.01. The van der Waals surface area contributed by atoms with Crippen LogP contribution < -0.4 is 10.5 Å². The summed E-state index contributed by atoms with van der Waals surface area (Å²) < 4.78 is 29.3. The number of hydrogen-bond acceptors (Lipinski definition) is 4. The topological polar surface area (TPSA) is 84.2 Å². The number of ether oxygens (including phenoxy) is 1. The van der Waals surface area contributed by atoms with Crippen LogP contribution in [0.15, 0.2) is 30.5 Å². The minimum absolute atomic E-state index is 0.0256. The summed E-state index contributed by atoms with van der Waals surface area (Å²) >= 11 is 0. The number of nitrogens with one attached hydrogen (secondary N) is 1. The quantitative estimate of drug-likeness (QED) is 0.854. The van der Waals surface area contributed by atoms with Gasteiger partial charge < -0.3 is 15.4 Å². The normalized spacial score (nSPS) is 18.8. The van der Waals surface area contributed by atoms with Gasteiger partial charge in [-0.1, -0.05) is 12.1 Å². The Kier molecular flexibility index (Phi) is 5.51. The molecular formula is C18H22F2N4O2. The fraction of sp³-hybridized carbons (Fsp3) is 0.444. The monoisotopic (exact) mass is 364 g/mol. The first-order chi connectivity index (χ1) is 12.5. The third-order valence-electron chi connectivity index (χ3n) is 4.71. The van der Waals surface area contributed by atoms with Crippen LogP contribution in [0.5, 0.6) is 5.75 Å². The number of carbonyl (C=O) groups is 1.